The van der Waals surface area contributed by atoms with E-state index in [1.807, 2.05) is 0 Å². The largest absolute Gasteiger partial charge is 0.278 e. The zero-order chi connectivity index (χ0) is 66.1. The Morgan fingerprint density at radius 1 is 0.397 bits per heavy atom. The van der Waals surface area contributed by atoms with Gasteiger partial charge in [-0.1, -0.05) is 226 Å². The molecule has 308 valence electrons. The fourth-order valence-electron chi connectivity index (χ4n) is 10.1. The van der Waals surface area contributed by atoms with Crippen molar-refractivity contribution in [2.45, 2.75) is 75.3 Å². The van der Waals surface area contributed by atoms with Crippen LogP contribution in [0, 0.1) is 0 Å². The topological polar surface area (TPSA) is 48.5 Å². The van der Waals surface area contributed by atoms with Crippen LogP contribution in [0.1, 0.15) is 103 Å². The van der Waals surface area contributed by atoms with Crippen LogP contribution in [0.3, 0.4) is 0 Å². The van der Waals surface area contributed by atoms with Crippen LogP contribution in [0.2, 0.25) is 11.1 Å². The van der Waals surface area contributed by atoms with Gasteiger partial charge < -0.3 is 0 Å². The molecule has 2 aliphatic carbocycles. The summed E-state index contributed by atoms with van der Waals surface area (Å²) in [6, 6.07) is -20.4. The first-order valence-corrected chi connectivity index (χ1v) is 23.1. The Morgan fingerprint density at radius 3 is 1.30 bits per heavy atom. The van der Waals surface area contributed by atoms with Crippen LogP contribution in [-0.4, -0.2) is 32.2 Å². The lowest BCUT2D eigenvalue weighted by atomic mass is 9.99. The van der Waals surface area contributed by atoms with Crippen molar-refractivity contribution in [3.63, 3.8) is 0 Å². The fourth-order valence-corrected chi connectivity index (χ4v) is 16.4. The first-order valence-electron chi connectivity index (χ1n) is 35.0. The van der Waals surface area contributed by atoms with E-state index in [1.54, 1.807) is 0 Å². The second-order valence-electron chi connectivity index (χ2n) is 15.9. The summed E-state index contributed by atoms with van der Waals surface area (Å²) >= 11 is 0. The van der Waals surface area contributed by atoms with Crippen molar-refractivity contribution in [1.82, 2.24) is 24.1 Å². The van der Waals surface area contributed by atoms with E-state index < -0.39 is 261 Å². The molecule has 0 unspecified atom stereocenters. The van der Waals surface area contributed by atoms with E-state index in [1.165, 1.54) is 0 Å². The molecule has 3 aromatic heterocycles. The molecule has 2 fully saturated rings. The molecular weight excluding hydrogens is 783 g/mol. The minimum atomic E-state index is -4.56. The van der Waals surface area contributed by atoms with Gasteiger partial charge in [0.05, 0.1) is 60.4 Å². The van der Waals surface area contributed by atoms with E-state index in [0.717, 1.165) is 28.0 Å². The fraction of sp³-hybridized carbons (Fsp3) is 0.211. The van der Waals surface area contributed by atoms with E-state index in [9.17, 15) is 21.9 Å². The second kappa shape index (κ2) is 15.9. The van der Waals surface area contributed by atoms with Crippen LogP contribution >= 0.6 is 0 Å². The number of aromatic nitrogens is 5. The van der Waals surface area contributed by atoms with Gasteiger partial charge in [-0.15, -0.1) is 0 Å². The van der Waals surface area contributed by atoms with Crippen molar-refractivity contribution in [2.75, 3.05) is 0 Å². The molecule has 63 heavy (non-hydrogen) atoms. The molecule has 6 heteroatoms. The number of hydrogen-bond donors (Lipinski definition) is 0. The molecular formula is C57H51N5Si. The Bertz CT molecular complexity index is 4560. The van der Waals surface area contributed by atoms with Crippen molar-refractivity contribution in [3.05, 3.63) is 175 Å². The Hall–Kier alpha value is -6.63. The first kappa shape index (κ1) is 19.0. The standard InChI is InChI=1S/C57H51N5Si/c1-4-20-40(21-5-1)41-22-18-28-45(38-41)63(43-24-6-2-7-25-43,44-26-8-3-9-27-44)46-29-19-23-42(39-46)55-58-56(61-51-34-14-10-30-47(51)48-31-11-15-35-52(48)61)60-57(59-55)62-53-36-16-12-32-49(53)50-33-13-17-37-54(50)62/h1,4-5,10-23,28-39,43-44H,2-3,6-9,24-27H2/i1D,4D,5D,10D,11D,12D,13D,14D,15D,16D,17D,18D,19D,20D,22D,23D,28D,29D,30D,31D,32D,33D,34D,35D,36D,37D,38D,39D. The van der Waals surface area contributed by atoms with Gasteiger partial charge in [0.2, 0.25) is 11.9 Å². The molecule has 0 saturated heterocycles. The lowest BCUT2D eigenvalue weighted by Crippen LogP contribution is -2.65. The molecule has 2 saturated carbocycles. The average molecular weight is 862 g/mol. The van der Waals surface area contributed by atoms with Gasteiger partial charge in [-0.05, 0) is 46.4 Å². The zero-order valence-corrected chi connectivity index (χ0v) is 34.5. The first-order chi connectivity index (χ1) is 42.9. The third-order valence-corrected chi connectivity index (χ3v) is 18.6. The number of nitrogens with zero attached hydrogens (tertiary/aromatic N) is 5. The summed E-state index contributed by atoms with van der Waals surface area (Å²) in [6.45, 7) is 0. The Morgan fingerprint density at radius 2 is 0.810 bits per heavy atom. The molecule has 10 aromatic rings. The number of rotatable bonds is 8. The highest BCUT2D eigenvalue weighted by atomic mass is 28.3. The van der Waals surface area contributed by atoms with Gasteiger partial charge in [-0.3, -0.25) is 9.13 Å². The van der Waals surface area contributed by atoms with Crippen LogP contribution in [0.5, 0.6) is 0 Å². The van der Waals surface area contributed by atoms with Gasteiger partial charge in [0.15, 0.2) is 5.82 Å². The number of benzene rings is 7. The van der Waals surface area contributed by atoms with E-state index in [4.69, 9.17) is 31.4 Å². The van der Waals surface area contributed by atoms with Crippen molar-refractivity contribution in [2.24, 2.45) is 0 Å². The highest BCUT2D eigenvalue weighted by molar-refractivity contribution is 7.04. The summed E-state index contributed by atoms with van der Waals surface area (Å²) in [7, 11) is -4.56. The third kappa shape index (κ3) is 6.37. The molecule has 0 amide bonds. The summed E-state index contributed by atoms with van der Waals surface area (Å²) in [5.41, 5.74) is -4.87. The molecule has 3 heterocycles. The van der Waals surface area contributed by atoms with Crippen LogP contribution in [0.25, 0.3) is 78.0 Å². The molecule has 0 radical (unpaired) electrons. The van der Waals surface area contributed by atoms with Gasteiger partial charge in [-0.25, -0.2) is 0 Å². The summed E-state index contributed by atoms with van der Waals surface area (Å²) in [5, 5.41) is -2.19. The Balaban J connectivity index is 1.32. The smallest absolute Gasteiger partial charge is 0.240 e. The predicted molar refractivity (Wildman–Crippen MR) is 265 cm³/mol. The van der Waals surface area contributed by atoms with Gasteiger partial charge in [0, 0.05) is 27.1 Å². The second-order valence-corrected chi connectivity index (χ2v) is 20.3. The number of fused-ring (bicyclic) bond motifs is 6. The van der Waals surface area contributed by atoms with E-state index in [-0.39, 0.29) is 15.9 Å². The summed E-state index contributed by atoms with van der Waals surface area (Å²) < 4.78 is 262. The Labute approximate surface area is 409 Å². The third-order valence-electron chi connectivity index (χ3n) is 12.7. The summed E-state index contributed by atoms with van der Waals surface area (Å²) in [6.07, 6.45) is 5.25. The molecule has 12 rings (SSSR count). The van der Waals surface area contributed by atoms with E-state index >= 15 is 0 Å². The van der Waals surface area contributed by atoms with Gasteiger partial charge in [0.1, 0.15) is 8.07 Å². The van der Waals surface area contributed by atoms with Gasteiger partial charge in [0.25, 0.3) is 0 Å². The average Bonchev–Trinajstić information content (AvgIpc) is 1.65. The number of hydrogen-bond acceptors (Lipinski definition) is 3. The Kier molecular flexibility index (Phi) is 4.80. The van der Waals surface area contributed by atoms with Crippen molar-refractivity contribution in [1.29, 1.82) is 0 Å². The molecule has 0 N–H and O–H groups in total. The molecule has 0 atom stereocenters. The number of para-hydroxylation sites is 4. The summed E-state index contributed by atoms with van der Waals surface area (Å²) in [5.74, 6) is -2.48. The molecule has 5 nitrogen and oxygen atoms in total. The van der Waals surface area contributed by atoms with Gasteiger partial charge in [-0.2, -0.15) is 15.0 Å². The maximum atomic E-state index is 10.8. The quantitative estimate of drug-likeness (QED) is 0.143. The van der Waals surface area contributed by atoms with Crippen molar-refractivity contribution >= 4 is 62.1 Å². The predicted octanol–water partition coefficient (Wildman–Crippen LogP) is 13.6. The van der Waals surface area contributed by atoms with Crippen molar-refractivity contribution in [3.8, 4) is 34.4 Å². The van der Waals surface area contributed by atoms with Crippen LogP contribution in [0.4, 0.5) is 0 Å². The van der Waals surface area contributed by atoms with E-state index in [2.05, 4.69) is 0 Å². The molecule has 7 aromatic carbocycles. The maximum Gasteiger partial charge on any atom is 0.240 e. The molecule has 0 spiro atoms. The minimum absolute atomic E-state index is 0.140. The van der Waals surface area contributed by atoms with Gasteiger partial charge >= 0.3 is 0 Å². The van der Waals surface area contributed by atoms with Crippen molar-refractivity contribution < 1.29 is 38.4 Å². The molecule has 2 aliphatic rings. The zero-order valence-electron chi connectivity index (χ0n) is 61.5. The monoisotopic (exact) mass is 862 g/mol. The molecule has 0 bridgehead atoms. The SMILES string of the molecule is [2H]c1cc(-c2c([2H])c([2H])c([2H])c([Si](c3c([2H])c([2H])c([2H])c(-c4nc(-n5c6c([2H])c([2H])c([2H])c([2H])c6c6c([2H])c([2H])c([2H])c([2H])c65)nc(-n5c6c([2H])c([2H])c([2H])c([2H])c6c6c([2H])c([2H])c([2H])c([2H])c65)n4)c3[2H])(C3CCCCC3)C3CCCCC3)c2[2H])c([2H])c([2H])c1[2H]. The minimum Gasteiger partial charge on any atom is -0.278 e. The lowest BCUT2D eigenvalue weighted by molar-refractivity contribution is 0.459. The van der Waals surface area contributed by atoms with Crippen LogP contribution in [0.15, 0.2) is 175 Å². The normalized spacial score (nSPS) is 21.7. The molecule has 0 aliphatic heterocycles. The highest BCUT2D eigenvalue weighted by Crippen LogP contribution is 2.48. The highest BCUT2D eigenvalue weighted by Gasteiger charge is 2.50. The van der Waals surface area contributed by atoms with Crippen LogP contribution in [-0.2, 0) is 0 Å². The lowest BCUT2D eigenvalue weighted by Gasteiger charge is -2.49. The van der Waals surface area contributed by atoms with Crippen LogP contribution < -0.4 is 10.4 Å². The maximum absolute atomic E-state index is 10.8. The van der Waals surface area contributed by atoms with E-state index in [0.29, 0.717) is 51.4 Å². The summed E-state index contributed by atoms with van der Waals surface area (Å²) in [4.78, 5) is 14.4.